The Morgan fingerprint density at radius 3 is 2.88 bits per heavy atom. The van der Waals surface area contributed by atoms with Crippen LogP contribution >= 0.6 is 11.6 Å². The molecule has 6 heteroatoms. The van der Waals surface area contributed by atoms with Crippen molar-refractivity contribution < 1.29 is 14.3 Å². The molecule has 0 spiro atoms. The van der Waals surface area contributed by atoms with Crippen LogP contribution in [0, 0.1) is 0 Å². The first kappa shape index (κ1) is 16.3. The summed E-state index contributed by atoms with van der Waals surface area (Å²) in [5.74, 6) is 0.160. The number of likely N-dealkylation sites (N-methyl/N-ethyl adjacent to an activating group) is 1. The highest BCUT2D eigenvalue weighted by Gasteiger charge is 2.23. The van der Waals surface area contributed by atoms with Gasteiger partial charge in [0, 0.05) is 22.8 Å². The van der Waals surface area contributed by atoms with Crippen molar-refractivity contribution in [2.75, 3.05) is 25.0 Å². The second-order valence-corrected chi connectivity index (χ2v) is 5.85. The van der Waals surface area contributed by atoms with Crippen molar-refractivity contribution in [3.63, 3.8) is 0 Å². The normalized spacial score (nSPS) is 13.8. The maximum absolute atomic E-state index is 12.5. The Labute approximate surface area is 145 Å². The highest BCUT2D eigenvalue weighted by atomic mass is 35.5. The van der Waals surface area contributed by atoms with Crippen molar-refractivity contribution >= 4 is 29.1 Å². The molecule has 1 N–H and O–H groups in total. The lowest BCUT2D eigenvalue weighted by atomic mass is 10.1. The Kier molecular flexibility index (Phi) is 4.71. The highest BCUT2D eigenvalue weighted by Crippen LogP contribution is 2.26. The van der Waals surface area contributed by atoms with Crippen LogP contribution in [0.4, 0.5) is 5.69 Å². The molecular weight excluding hydrogens is 328 g/mol. The molecule has 0 atom stereocenters. The molecule has 0 saturated heterocycles. The number of carbonyl (C=O) groups excluding carboxylic acids is 2. The van der Waals surface area contributed by atoms with Gasteiger partial charge in [-0.15, -0.1) is 0 Å². The topological polar surface area (TPSA) is 58.6 Å². The molecule has 1 aliphatic rings. The van der Waals surface area contributed by atoms with E-state index in [9.17, 15) is 9.59 Å². The molecule has 0 bridgehead atoms. The van der Waals surface area contributed by atoms with Crippen molar-refractivity contribution in [3.8, 4) is 5.75 Å². The van der Waals surface area contributed by atoms with Crippen LogP contribution < -0.4 is 10.1 Å². The molecule has 0 saturated carbocycles. The van der Waals surface area contributed by atoms with Crippen LogP contribution in [0.5, 0.6) is 5.75 Å². The van der Waals surface area contributed by atoms with Gasteiger partial charge in [-0.2, -0.15) is 0 Å². The summed E-state index contributed by atoms with van der Waals surface area (Å²) in [5, 5.41) is 3.28. The number of benzene rings is 2. The molecule has 0 aliphatic carbocycles. The highest BCUT2D eigenvalue weighted by molar-refractivity contribution is 6.31. The average molecular weight is 345 g/mol. The minimum atomic E-state index is -0.285. The van der Waals surface area contributed by atoms with E-state index in [1.54, 1.807) is 47.4 Å². The third kappa shape index (κ3) is 3.36. The van der Waals surface area contributed by atoms with Crippen LogP contribution in [-0.4, -0.2) is 36.4 Å². The summed E-state index contributed by atoms with van der Waals surface area (Å²) in [6, 6.07) is 11.8. The van der Waals surface area contributed by atoms with E-state index in [2.05, 4.69) is 5.32 Å². The smallest absolute Gasteiger partial charge is 0.257 e. The van der Waals surface area contributed by atoms with E-state index in [0.717, 1.165) is 0 Å². The summed E-state index contributed by atoms with van der Waals surface area (Å²) in [4.78, 5) is 26.6. The van der Waals surface area contributed by atoms with E-state index in [4.69, 9.17) is 16.3 Å². The van der Waals surface area contributed by atoms with Crippen LogP contribution in [0.1, 0.15) is 27.6 Å². The van der Waals surface area contributed by atoms with E-state index in [1.165, 1.54) is 0 Å². The van der Waals surface area contributed by atoms with Crippen LogP contribution in [0.25, 0.3) is 0 Å². The molecule has 0 fully saturated rings. The molecule has 1 heterocycles. The van der Waals surface area contributed by atoms with Gasteiger partial charge in [0.05, 0.1) is 12.1 Å². The largest absolute Gasteiger partial charge is 0.491 e. The van der Waals surface area contributed by atoms with Gasteiger partial charge in [-0.25, -0.2) is 0 Å². The summed E-state index contributed by atoms with van der Waals surface area (Å²) in [7, 11) is 0. The predicted octanol–water partition coefficient (Wildman–Crippen LogP) is 3.45. The third-order valence-corrected chi connectivity index (χ3v) is 4.08. The summed E-state index contributed by atoms with van der Waals surface area (Å²) in [5.41, 5.74) is 1.45. The van der Waals surface area contributed by atoms with Crippen molar-refractivity contribution in [2.24, 2.45) is 0 Å². The summed E-state index contributed by atoms with van der Waals surface area (Å²) >= 11 is 5.91. The van der Waals surface area contributed by atoms with Gasteiger partial charge in [0.1, 0.15) is 12.4 Å². The molecule has 3 rings (SSSR count). The van der Waals surface area contributed by atoms with Crippen molar-refractivity contribution in [3.05, 3.63) is 58.6 Å². The Bertz CT molecular complexity index is 792. The molecule has 2 amide bonds. The second-order valence-electron chi connectivity index (χ2n) is 5.41. The van der Waals surface area contributed by atoms with Gasteiger partial charge in [0.25, 0.3) is 11.8 Å². The summed E-state index contributed by atoms with van der Waals surface area (Å²) in [6.45, 7) is 3.55. The zero-order valence-electron chi connectivity index (χ0n) is 13.2. The molecular formula is C18H17ClN2O3. The summed E-state index contributed by atoms with van der Waals surface area (Å²) in [6.07, 6.45) is 0. The molecule has 5 nitrogen and oxygen atoms in total. The maximum atomic E-state index is 12.5. The first-order chi connectivity index (χ1) is 11.6. The molecule has 0 unspecified atom stereocenters. The van der Waals surface area contributed by atoms with E-state index in [0.29, 0.717) is 47.3 Å². The Morgan fingerprint density at radius 1 is 1.29 bits per heavy atom. The molecule has 124 valence electrons. The van der Waals surface area contributed by atoms with Gasteiger partial charge < -0.3 is 15.0 Å². The fourth-order valence-electron chi connectivity index (χ4n) is 2.57. The van der Waals surface area contributed by atoms with Crippen molar-refractivity contribution in [2.45, 2.75) is 6.92 Å². The number of carbonyl (C=O) groups is 2. The molecule has 0 radical (unpaired) electrons. The van der Waals surface area contributed by atoms with E-state index in [1.807, 2.05) is 6.92 Å². The molecule has 2 aromatic carbocycles. The zero-order valence-corrected chi connectivity index (χ0v) is 14.0. The van der Waals surface area contributed by atoms with Crippen molar-refractivity contribution in [1.29, 1.82) is 0 Å². The fourth-order valence-corrected chi connectivity index (χ4v) is 2.76. The van der Waals surface area contributed by atoms with Crippen LogP contribution in [0.15, 0.2) is 42.5 Å². The Morgan fingerprint density at radius 2 is 2.12 bits per heavy atom. The lowest BCUT2D eigenvalue weighted by Crippen LogP contribution is -2.32. The van der Waals surface area contributed by atoms with Gasteiger partial charge >= 0.3 is 0 Å². The third-order valence-electron chi connectivity index (χ3n) is 3.84. The molecule has 1 aliphatic heterocycles. The number of hydrogen-bond acceptors (Lipinski definition) is 3. The van der Waals surface area contributed by atoms with Crippen LogP contribution in [0.2, 0.25) is 5.02 Å². The van der Waals surface area contributed by atoms with Gasteiger partial charge in [-0.1, -0.05) is 17.7 Å². The number of anilines is 1. The molecule has 0 aromatic heterocycles. The van der Waals surface area contributed by atoms with E-state index in [-0.39, 0.29) is 11.8 Å². The molecule has 2 aromatic rings. The second kappa shape index (κ2) is 6.93. The van der Waals surface area contributed by atoms with Gasteiger partial charge in [-0.3, -0.25) is 9.59 Å². The predicted molar refractivity (Wildman–Crippen MR) is 92.9 cm³/mol. The van der Waals surface area contributed by atoms with Crippen LogP contribution in [-0.2, 0) is 0 Å². The molecule has 24 heavy (non-hydrogen) atoms. The Balaban J connectivity index is 1.86. The van der Waals surface area contributed by atoms with Gasteiger partial charge in [0.2, 0.25) is 0 Å². The average Bonchev–Trinajstić information content (AvgIpc) is 2.74. The number of fused-ring (bicyclic) bond motifs is 1. The number of amides is 2. The number of nitrogens with one attached hydrogen (secondary N) is 1. The lowest BCUT2D eigenvalue weighted by Gasteiger charge is -2.17. The lowest BCUT2D eigenvalue weighted by molar-refractivity contribution is 0.0764. The first-order valence-electron chi connectivity index (χ1n) is 7.71. The first-order valence-corrected chi connectivity index (χ1v) is 8.09. The van der Waals surface area contributed by atoms with Gasteiger partial charge in [-0.05, 0) is 43.3 Å². The number of halogens is 1. The number of ether oxygens (including phenoxy) is 1. The fraction of sp³-hybridized carbons (Fsp3) is 0.222. The van der Waals surface area contributed by atoms with E-state index < -0.39 is 0 Å². The van der Waals surface area contributed by atoms with Crippen LogP contribution in [0.3, 0.4) is 0 Å². The monoisotopic (exact) mass is 344 g/mol. The minimum absolute atomic E-state index is 0.0937. The summed E-state index contributed by atoms with van der Waals surface area (Å²) < 4.78 is 5.62. The SMILES string of the molecule is CCN1CCOc2ccc(NC(=O)c3cccc(Cl)c3)cc2C1=O. The van der Waals surface area contributed by atoms with Gasteiger partial charge in [0.15, 0.2) is 0 Å². The maximum Gasteiger partial charge on any atom is 0.257 e. The van der Waals surface area contributed by atoms with Crippen molar-refractivity contribution in [1.82, 2.24) is 4.90 Å². The zero-order chi connectivity index (χ0) is 17.1. The number of nitrogens with zero attached hydrogens (tertiary/aromatic N) is 1. The quantitative estimate of drug-likeness (QED) is 0.927. The Hall–Kier alpha value is -2.53. The minimum Gasteiger partial charge on any atom is -0.491 e. The number of rotatable bonds is 3. The standard InChI is InChI=1S/C18H17ClN2O3/c1-2-21-8-9-24-16-7-6-14(11-15(16)18(21)23)20-17(22)12-4-3-5-13(19)10-12/h3-7,10-11H,2,8-9H2,1H3,(H,20,22). The number of hydrogen-bond donors (Lipinski definition) is 1. The van der Waals surface area contributed by atoms with E-state index >= 15 is 0 Å².